The molecule has 0 bridgehead atoms. The van der Waals surface area contributed by atoms with Crippen LogP contribution < -0.4 is 14.4 Å². The lowest BCUT2D eigenvalue weighted by Gasteiger charge is -2.30. The first-order valence-electron chi connectivity index (χ1n) is 14.8. The molecule has 6 nitrogen and oxygen atoms in total. The highest BCUT2D eigenvalue weighted by atomic mass is 16.5. The predicted octanol–water partition coefficient (Wildman–Crippen LogP) is 5.81. The summed E-state index contributed by atoms with van der Waals surface area (Å²) in [5.41, 5.74) is 4.85. The van der Waals surface area contributed by atoms with Crippen molar-refractivity contribution in [1.82, 2.24) is 0 Å². The molecule has 0 aromatic heterocycles. The molecule has 0 spiro atoms. The van der Waals surface area contributed by atoms with Crippen molar-refractivity contribution in [3.05, 3.63) is 112 Å². The number of fused-ring (bicyclic) bond motifs is 3. The van der Waals surface area contributed by atoms with E-state index in [9.17, 15) is 15.3 Å². The van der Waals surface area contributed by atoms with Crippen LogP contribution in [0.4, 0.5) is 0 Å². The van der Waals surface area contributed by atoms with E-state index < -0.39 is 6.04 Å². The van der Waals surface area contributed by atoms with Gasteiger partial charge in [0, 0.05) is 22.8 Å². The molecule has 2 aliphatic heterocycles. The lowest BCUT2D eigenvalue weighted by molar-refractivity contribution is -0.884. The monoisotopic (exact) mass is 556 g/mol. The van der Waals surface area contributed by atoms with E-state index in [2.05, 4.69) is 36.5 Å². The zero-order chi connectivity index (χ0) is 29.2. The van der Waals surface area contributed by atoms with Crippen LogP contribution in [-0.2, 0) is 0 Å². The topological polar surface area (TPSA) is 87.5 Å². The van der Waals surface area contributed by atoms with E-state index in [4.69, 9.17) is 9.47 Å². The van der Waals surface area contributed by atoms with Crippen molar-refractivity contribution in [2.75, 3.05) is 13.2 Å². The number of hydrogen-bond acceptors (Lipinski definition) is 5. The lowest BCUT2D eigenvalue weighted by Crippen LogP contribution is -3.11. The molecule has 1 saturated heterocycles. The first-order valence-corrected chi connectivity index (χ1v) is 14.8. The van der Waals surface area contributed by atoms with Gasteiger partial charge < -0.3 is 9.47 Å². The van der Waals surface area contributed by atoms with Crippen LogP contribution in [0.3, 0.4) is 0 Å². The van der Waals surface area contributed by atoms with Gasteiger partial charge in [0.1, 0.15) is 35.3 Å². The molecule has 5 atom stereocenters. The Morgan fingerprint density at radius 1 is 0.905 bits per heavy atom. The highest BCUT2D eigenvalue weighted by Crippen LogP contribution is 2.55. The number of nitrogens with zero attached hydrogens (tertiary/aromatic N) is 2. The zero-order valence-electron chi connectivity index (χ0n) is 23.9. The summed E-state index contributed by atoms with van der Waals surface area (Å²) in [5.74, 6) is 0.949. The first-order chi connectivity index (χ1) is 20.6. The molecule has 42 heavy (non-hydrogen) atoms. The molecule has 0 amide bonds. The minimum atomic E-state index is -0.503. The Balaban J connectivity index is 1.65. The van der Waals surface area contributed by atoms with Crippen LogP contribution >= 0.6 is 0 Å². The Morgan fingerprint density at radius 2 is 1.62 bits per heavy atom. The van der Waals surface area contributed by atoms with Crippen molar-refractivity contribution in [2.45, 2.75) is 44.7 Å². The summed E-state index contributed by atoms with van der Waals surface area (Å²) in [6.07, 6.45) is 6.08. The summed E-state index contributed by atoms with van der Waals surface area (Å²) in [6.45, 7) is 4.87. The molecule has 1 N–H and O–H groups in total. The smallest absolute Gasteiger partial charge is 0.221 e. The highest BCUT2D eigenvalue weighted by Gasteiger charge is 2.61. The Morgan fingerprint density at radius 3 is 2.31 bits per heavy atom. The second-order valence-electron chi connectivity index (χ2n) is 11.1. The molecule has 6 rings (SSSR count). The zero-order valence-corrected chi connectivity index (χ0v) is 23.9. The third-order valence-corrected chi connectivity index (χ3v) is 8.79. The van der Waals surface area contributed by atoms with Gasteiger partial charge in [-0.1, -0.05) is 60.7 Å². The molecule has 1 aliphatic carbocycles. The number of ketones is 1. The number of carbonyl (C=O) groups excluding carboxylic acids is 1. The Kier molecular flexibility index (Phi) is 7.66. The van der Waals surface area contributed by atoms with Crippen LogP contribution in [0, 0.1) is 34.5 Å². The minimum Gasteiger partial charge on any atom is -0.494 e. The van der Waals surface area contributed by atoms with Crippen LogP contribution in [0.5, 0.6) is 11.5 Å². The third kappa shape index (κ3) is 4.79. The van der Waals surface area contributed by atoms with Gasteiger partial charge in [-0.2, -0.15) is 10.5 Å². The van der Waals surface area contributed by atoms with E-state index in [0.29, 0.717) is 30.3 Å². The standard InChI is InChI=1S/C36H33N3O3/c1-3-41-27-16-17-29(30(20-27)42-4-2)32-33(31(24-14-15-24)26(21-37)22-38)34-28-13-9-8-10-23(28)18-19-39(34)35(32)36(40)25-11-6-5-7-12-25/h5-13,16-20,24,32-35H,3-4,14-15H2,1-2H3/p+1/t32-,33-,34+,35+/m1/s1. The normalized spacial score (nSPS) is 23.6. The largest absolute Gasteiger partial charge is 0.494 e. The van der Waals surface area contributed by atoms with E-state index in [1.807, 2.05) is 74.5 Å². The quantitative estimate of drug-likeness (QED) is 0.265. The van der Waals surface area contributed by atoms with Crippen molar-refractivity contribution in [1.29, 1.82) is 10.5 Å². The summed E-state index contributed by atoms with van der Waals surface area (Å²) in [7, 11) is 0. The van der Waals surface area contributed by atoms with E-state index >= 15 is 0 Å². The van der Waals surface area contributed by atoms with Crippen LogP contribution in [0.1, 0.15) is 65.7 Å². The second kappa shape index (κ2) is 11.7. The molecule has 0 radical (unpaired) electrons. The second-order valence-corrected chi connectivity index (χ2v) is 11.1. The van der Waals surface area contributed by atoms with Crippen LogP contribution in [0.2, 0.25) is 0 Å². The Hall–Kier alpha value is -4.65. The number of Topliss-reactive ketones (excluding diaryl/α,β-unsaturated/α-hetero) is 1. The number of nitriles is 2. The maximum absolute atomic E-state index is 14.6. The van der Waals surface area contributed by atoms with Gasteiger partial charge in [-0.25, -0.2) is 0 Å². The Bertz CT molecular complexity index is 1630. The maximum atomic E-state index is 14.6. The molecule has 2 fully saturated rings. The highest BCUT2D eigenvalue weighted by molar-refractivity contribution is 6.00. The molecule has 210 valence electrons. The molecule has 3 aromatic rings. The average molecular weight is 557 g/mol. The van der Waals surface area contributed by atoms with E-state index in [-0.39, 0.29) is 35.2 Å². The maximum Gasteiger partial charge on any atom is 0.221 e. The van der Waals surface area contributed by atoms with Gasteiger partial charge in [0.25, 0.3) is 0 Å². The first kappa shape index (κ1) is 27.5. The fraction of sp³-hybridized carbons (Fsp3) is 0.306. The number of benzene rings is 3. The number of nitrogens with one attached hydrogen (secondary N) is 1. The van der Waals surface area contributed by atoms with Gasteiger partial charge in [0.15, 0.2) is 6.04 Å². The number of carbonyl (C=O) groups is 1. The van der Waals surface area contributed by atoms with Gasteiger partial charge >= 0.3 is 0 Å². The van der Waals surface area contributed by atoms with Crippen molar-refractivity contribution in [2.24, 2.45) is 11.8 Å². The van der Waals surface area contributed by atoms with Crippen LogP contribution in [-0.4, -0.2) is 25.0 Å². The van der Waals surface area contributed by atoms with Crippen molar-refractivity contribution in [3.8, 4) is 23.6 Å². The van der Waals surface area contributed by atoms with E-state index in [1.54, 1.807) is 0 Å². The summed E-state index contributed by atoms with van der Waals surface area (Å²) in [5, 5.41) is 20.4. The van der Waals surface area contributed by atoms with Crippen molar-refractivity contribution >= 4 is 11.9 Å². The molecule has 6 heteroatoms. The molecule has 3 aromatic carbocycles. The molecular formula is C36H34N3O3+. The molecule has 1 unspecified atom stereocenters. The number of hydrogen-bond donors (Lipinski definition) is 1. The minimum absolute atomic E-state index is 0.0362. The van der Waals surface area contributed by atoms with Gasteiger partial charge in [-0.15, -0.1) is 0 Å². The fourth-order valence-corrected chi connectivity index (χ4v) is 7.10. The van der Waals surface area contributed by atoms with Gasteiger partial charge in [-0.05, 0) is 55.9 Å². The van der Waals surface area contributed by atoms with Gasteiger partial charge in [-0.3, -0.25) is 9.69 Å². The predicted molar refractivity (Wildman–Crippen MR) is 160 cm³/mol. The average Bonchev–Trinajstić information content (AvgIpc) is 3.81. The SMILES string of the molecule is CCOc1ccc([C@@H]2[C@@H](C(=C(C#N)C#N)C3CC3)[C@@H]3c4ccccc4C=C[NH+]3[C@@H]2C(=O)c2ccccc2)c(OCC)c1. The third-order valence-electron chi connectivity index (χ3n) is 8.79. The molecular weight excluding hydrogens is 522 g/mol. The van der Waals surface area contributed by atoms with Crippen molar-refractivity contribution in [3.63, 3.8) is 0 Å². The fourth-order valence-electron chi connectivity index (χ4n) is 7.10. The lowest BCUT2D eigenvalue weighted by atomic mass is 9.71. The number of allylic oxidation sites excluding steroid dienone is 1. The number of rotatable bonds is 9. The molecule has 2 heterocycles. The molecule has 3 aliphatic rings. The van der Waals surface area contributed by atoms with Crippen molar-refractivity contribution < 1.29 is 19.2 Å². The van der Waals surface area contributed by atoms with Crippen LogP contribution in [0.15, 0.2) is 90.1 Å². The van der Waals surface area contributed by atoms with Gasteiger partial charge in [0.2, 0.25) is 5.78 Å². The van der Waals surface area contributed by atoms with Crippen LogP contribution in [0.25, 0.3) is 6.08 Å². The number of ether oxygens (including phenoxy) is 2. The Labute approximate surface area is 247 Å². The van der Waals surface area contributed by atoms with E-state index in [0.717, 1.165) is 40.0 Å². The summed E-state index contributed by atoms with van der Waals surface area (Å²) >= 11 is 0. The van der Waals surface area contributed by atoms with E-state index in [1.165, 1.54) is 0 Å². The summed E-state index contributed by atoms with van der Waals surface area (Å²) in [4.78, 5) is 15.7. The van der Waals surface area contributed by atoms with Gasteiger partial charge in [0.05, 0.1) is 31.2 Å². The number of quaternary nitrogens is 1. The summed E-state index contributed by atoms with van der Waals surface area (Å²) in [6, 6.07) is 27.4. The molecule has 1 saturated carbocycles. The summed E-state index contributed by atoms with van der Waals surface area (Å²) < 4.78 is 12.1.